The van der Waals surface area contributed by atoms with E-state index >= 15 is 0 Å². The van der Waals surface area contributed by atoms with Gasteiger partial charge in [-0.3, -0.25) is 9.59 Å². The SMILES string of the molecule is Cc1nn(CC(=O)Nc2ccc3c4c(cccc24)CC3)c(=O)c2ccccc12. The zero-order valence-electron chi connectivity index (χ0n) is 15.5. The smallest absolute Gasteiger partial charge is 0.275 e. The Bertz CT molecular complexity index is 1310. The average Bonchev–Trinajstić information content (AvgIpc) is 3.13. The van der Waals surface area contributed by atoms with Crippen LogP contribution in [-0.4, -0.2) is 15.7 Å². The lowest BCUT2D eigenvalue weighted by atomic mass is 10.0. The molecular formula is C23H19N3O2. The molecule has 138 valence electrons. The number of benzene rings is 3. The van der Waals surface area contributed by atoms with E-state index in [1.54, 1.807) is 6.07 Å². The molecule has 1 aromatic heterocycles. The van der Waals surface area contributed by atoms with Crippen molar-refractivity contribution >= 4 is 33.1 Å². The van der Waals surface area contributed by atoms with E-state index < -0.39 is 0 Å². The van der Waals surface area contributed by atoms with Crippen LogP contribution in [0.15, 0.2) is 59.4 Å². The Kier molecular flexibility index (Phi) is 3.76. The first-order valence-corrected chi connectivity index (χ1v) is 9.41. The Balaban J connectivity index is 1.48. The van der Waals surface area contributed by atoms with Gasteiger partial charge in [-0.2, -0.15) is 5.10 Å². The minimum Gasteiger partial charge on any atom is -0.324 e. The van der Waals surface area contributed by atoms with Gasteiger partial charge in [0.2, 0.25) is 5.91 Å². The summed E-state index contributed by atoms with van der Waals surface area (Å²) < 4.78 is 1.24. The van der Waals surface area contributed by atoms with Gasteiger partial charge in [-0.15, -0.1) is 0 Å². The zero-order chi connectivity index (χ0) is 19.3. The third kappa shape index (κ3) is 2.59. The van der Waals surface area contributed by atoms with Crippen molar-refractivity contribution in [2.24, 2.45) is 0 Å². The Hall–Kier alpha value is -3.47. The number of hydrogen-bond donors (Lipinski definition) is 1. The van der Waals surface area contributed by atoms with Gasteiger partial charge in [0, 0.05) is 16.5 Å². The molecule has 0 saturated heterocycles. The Morgan fingerprint density at radius 2 is 1.68 bits per heavy atom. The molecule has 28 heavy (non-hydrogen) atoms. The van der Waals surface area contributed by atoms with Crippen molar-refractivity contribution in [1.82, 2.24) is 9.78 Å². The van der Waals surface area contributed by atoms with Crippen LogP contribution in [0.5, 0.6) is 0 Å². The van der Waals surface area contributed by atoms with Crippen molar-refractivity contribution in [2.45, 2.75) is 26.3 Å². The third-order valence-corrected chi connectivity index (χ3v) is 5.50. The number of amides is 1. The highest BCUT2D eigenvalue weighted by molar-refractivity contribution is 6.05. The van der Waals surface area contributed by atoms with Gasteiger partial charge in [-0.1, -0.05) is 42.5 Å². The molecule has 5 heteroatoms. The Morgan fingerprint density at radius 1 is 0.964 bits per heavy atom. The largest absolute Gasteiger partial charge is 0.324 e. The summed E-state index contributed by atoms with van der Waals surface area (Å²) in [6.07, 6.45) is 2.08. The molecule has 0 atom stereocenters. The maximum Gasteiger partial charge on any atom is 0.275 e. The summed E-state index contributed by atoms with van der Waals surface area (Å²) in [6.45, 7) is 1.73. The summed E-state index contributed by atoms with van der Waals surface area (Å²) in [5, 5.41) is 11.0. The minimum atomic E-state index is -0.261. The number of rotatable bonds is 3. The molecule has 3 aromatic carbocycles. The molecule has 1 amide bonds. The molecule has 0 spiro atoms. The molecule has 0 aliphatic heterocycles. The molecule has 1 N–H and O–H groups in total. The highest BCUT2D eigenvalue weighted by atomic mass is 16.2. The van der Waals surface area contributed by atoms with E-state index in [1.807, 2.05) is 43.3 Å². The van der Waals surface area contributed by atoms with E-state index in [0.29, 0.717) is 5.39 Å². The monoisotopic (exact) mass is 369 g/mol. The van der Waals surface area contributed by atoms with Gasteiger partial charge in [-0.25, -0.2) is 4.68 Å². The number of carbonyl (C=O) groups is 1. The number of carbonyl (C=O) groups excluding carboxylic acids is 1. The van der Waals surface area contributed by atoms with Crippen molar-refractivity contribution in [3.63, 3.8) is 0 Å². The fourth-order valence-corrected chi connectivity index (χ4v) is 4.19. The van der Waals surface area contributed by atoms with Crippen LogP contribution in [0, 0.1) is 6.92 Å². The van der Waals surface area contributed by atoms with Crippen LogP contribution in [0.25, 0.3) is 21.5 Å². The second kappa shape index (κ2) is 6.30. The molecule has 1 aliphatic rings. The van der Waals surface area contributed by atoms with Crippen molar-refractivity contribution < 1.29 is 4.79 Å². The molecule has 0 fully saturated rings. The molecule has 0 radical (unpaired) electrons. The molecule has 4 aromatic rings. The number of aryl methyl sites for hydroxylation is 3. The topological polar surface area (TPSA) is 64.0 Å². The Labute approximate surface area is 161 Å². The van der Waals surface area contributed by atoms with Gasteiger partial charge in [0.15, 0.2) is 0 Å². The first-order valence-electron chi connectivity index (χ1n) is 9.41. The van der Waals surface area contributed by atoms with E-state index in [-0.39, 0.29) is 18.0 Å². The van der Waals surface area contributed by atoms with Crippen LogP contribution in [0.2, 0.25) is 0 Å². The van der Waals surface area contributed by atoms with Crippen molar-refractivity contribution in [1.29, 1.82) is 0 Å². The quantitative estimate of drug-likeness (QED) is 0.600. The van der Waals surface area contributed by atoms with E-state index in [1.165, 1.54) is 21.2 Å². The van der Waals surface area contributed by atoms with E-state index in [0.717, 1.165) is 35.0 Å². The average molecular weight is 369 g/mol. The normalized spacial score (nSPS) is 12.6. The fourth-order valence-electron chi connectivity index (χ4n) is 4.19. The number of hydrogen-bond acceptors (Lipinski definition) is 3. The highest BCUT2D eigenvalue weighted by Gasteiger charge is 2.17. The van der Waals surface area contributed by atoms with Crippen molar-refractivity contribution in [3.8, 4) is 0 Å². The summed E-state index contributed by atoms with van der Waals surface area (Å²) in [5.41, 5.74) is 3.90. The van der Waals surface area contributed by atoms with Crippen LogP contribution in [0.3, 0.4) is 0 Å². The summed E-state index contributed by atoms with van der Waals surface area (Å²) in [4.78, 5) is 25.4. The second-order valence-electron chi connectivity index (χ2n) is 7.25. The summed E-state index contributed by atoms with van der Waals surface area (Å²) in [7, 11) is 0. The summed E-state index contributed by atoms with van der Waals surface area (Å²) in [5.74, 6) is -0.261. The first kappa shape index (κ1) is 16.7. The fraction of sp³-hybridized carbons (Fsp3) is 0.174. The number of nitrogens with zero attached hydrogens (tertiary/aromatic N) is 2. The van der Waals surface area contributed by atoms with E-state index in [9.17, 15) is 9.59 Å². The van der Waals surface area contributed by atoms with Crippen LogP contribution < -0.4 is 10.9 Å². The maximum absolute atomic E-state index is 12.7. The standard InChI is InChI=1S/C23H19N3O2/c1-14-17-6-2-3-7-18(17)23(28)26(25-14)13-21(27)24-20-12-11-16-10-9-15-5-4-8-19(20)22(15)16/h2-8,11-12H,9-10,13H2,1H3,(H,24,27). The molecular weight excluding hydrogens is 350 g/mol. The number of nitrogens with one attached hydrogen (secondary N) is 1. The molecule has 5 nitrogen and oxygen atoms in total. The van der Waals surface area contributed by atoms with Crippen LogP contribution >= 0.6 is 0 Å². The lowest BCUT2D eigenvalue weighted by molar-refractivity contribution is -0.117. The van der Waals surface area contributed by atoms with Crippen LogP contribution in [-0.2, 0) is 24.2 Å². The second-order valence-corrected chi connectivity index (χ2v) is 7.25. The summed E-state index contributed by atoms with van der Waals surface area (Å²) in [6, 6.07) is 17.6. The number of fused-ring (bicyclic) bond motifs is 1. The van der Waals surface area contributed by atoms with Gasteiger partial charge in [0.25, 0.3) is 5.56 Å². The van der Waals surface area contributed by atoms with Gasteiger partial charge in [0.05, 0.1) is 11.1 Å². The lowest BCUT2D eigenvalue weighted by Crippen LogP contribution is -2.30. The molecule has 0 saturated carbocycles. The predicted octanol–water partition coefficient (Wildman–Crippen LogP) is 3.60. The van der Waals surface area contributed by atoms with Crippen LogP contribution in [0.1, 0.15) is 16.8 Å². The summed E-state index contributed by atoms with van der Waals surface area (Å²) >= 11 is 0. The predicted molar refractivity (Wildman–Crippen MR) is 111 cm³/mol. The molecule has 0 unspecified atom stereocenters. The highest BCUT2D eigenvalue weighted by Crippen LogP contribution is 2.34. The number of anilines is 1. The Morgan fingerprint density at radius 3 is 2.50 bits per heavy atom. The molecule has 5 rings (SSSR count). The lowest BCUT2D eigenvalue weighted by Gasteiger charge is -2.12. The molecule has 1 heterocycles. The molecule has 0 bridgehead atoms. The zero-order valence-corrected chi connectivity index (χ0v) is 15.5. The maximum atomic E-state index is 12.7. The van der Waals surface area contributed by atoms with Crippen molar-refractivity contribution in [2.75, 3.05) is 5.32 Å². The van der Waals surface area contributed by atoms with Gasteiger partial charge < -0.3 is 5.32 Å². The van der Waals surface area contributed by atoms with Crippen LogP contribution in [0.4, 0.5) is 5.69 Å². The number of aromatic nitrogens is 2. The van der Waals surface area contributed by atoms with Gasteiger partial charge >= 0.3 is 0 Å². The van der Waals surface area contributed by atoms with Crippen molar-refractivity contribution in [3.05, 3.63) is 81.8 Å². The molecule has 1 aliphatic carbocycles. The van der Waals surface area contributed by atoms with Gasteiger partial charge in [0.1, 0.15) is 6.54 Å². The third-order valence-electron chi connectivity index (χ3n) is 5.50. The minimum absolute atomic E-state index is 0.118. The first-order chi connectivity index (χ1) is 13.6. The van der Waals surface area contributed by atoms with E-state index in [4.69, 9.17) is 0 Å². The van der Waals surface area contributed by atoms with Gasteiger partial charge in [-0.05, 0) is 48.4 Å². The van der Waals surface area contributed by atoms with E-state index in [2.05, 4.69) is 22.5 Å².